The maximum absolute atomic E-state index is 11.5. The van der Waals surface area contributed by atoms with Crippen LogP contribution in [-0.4, -0.2) is 22.0 Å². The van der Waals surface area contributed by atoms with Crippen molar-refractivity contribution in [3.8, 4) is 0 Å². The fourth-order valence-electron chi connectivity index (χ4n) is 1.30. The summed E-state index contributed by atoms with van der Waals surface area (Å²) in [5.74, 6) is -0.433. The summed E-state index contributed by atoms with van der Waals surface area (Å²) in [6, 6.07) is 1.85. The molecular formula is C10H8ClIN2O2. The molecule has 16 heavy (non-hydrogen) atoms. The predicted octanol–water partition coefficient (Wildman–Crippen LogP) is 2.77. The van der Waals surface area contributed by atoms with Gasteiger partial charge in [-0.2, -0.15) is 0 Å². The Bertz CT molecular complexity index is 553. The summed E-state index contributed by atoms with van der Waals surface area (Å²) in [5, 5.41) is 0.540. The zero-order valence-electron chi connectivity index (χ0n) is 8.41. The van der Waals surface area contributed by atoms with Crippen molar-refractivity contribution in [3.05, 3.63) is 32.7 Å². The topological polar surface area (TPSA) is 43.6 Å². The second kappa shape index (κ2) is 4.58. The van der Waals surface area contributed by atoms with Gasteiger partial charge in [-0.3, -0.25) is 0 Å². The largest absolute Gasteiger partial charge is 0.461 e. The summed E-state index contributed by atoms with van der Waals surface area (Å²) in [6.07, 6.45) is 3.41. The second-order valence-corrected chi connectivity index (χ2v) is 4.60. The van der Waals surface area contributed by atoms with Crippen molar-refractivity contribution < 1.29 is 9.53 Å². The maximum Gasteiger partial charge on any atom is 0.358 e. The summed E-state index contributed by atoms with van der Waals surface area (Å²) in [6.45, 7) is 2.08. The quantitative estimate of drug-likeness (QED) is 0.618. The minimum Gasteiger partial charge on any atom is -0.461 e. The van der Waals surface area contributed by atoms with Gasteiger partial charge in [0.2, 0.25) is 0 Å². The van der Waals surface area contributed by atoms with Crippen molar-refractivity contribution in [2.24, 2.45) is 0 Å². The number of fused-ring (bicyclic) bond motifs is 1. The van der Waals surface area contributed by atoms with Crippen LogP contribution in [-0.2, 0) is 4.74 Å². The highest BCUT2D eigenvalue weighted by Crippen LogP contribution is 2.23. The van der Waals surface area contributed by atoms with Gasteiger partial charge in [0.25, 0.3) is 0 Å². The summed E-state index contributed by atoms with van der Waals surface area (Å²) in [4.78, 5) is 15.6. The lowest BCUT2D eigenvalue weighted by Crippen LogP contribution is -2.04. The number of hydrogen-bond acceptors (Lipinski definition) is 3. The third-order valence-electron chi connectivity index (χ3n) is 2.00. The number of aromatic nitrogens is 2. The first kappa shape index (κ1) is 11.7. The number of esters is 1. The van der Waals surface area contributed by atoms with E-state index >= 15 is 0 Å². The number of pyridine rings is 1. The molecule has 0 radical (unpaired) electrons. The average Bonchev–Trinajstić information content (AvgIpc) is 2.69. The molecule has 2 heterocycles. The Morgan fingerprint density at radius 1 is 1.69 bits per heavy atom. The molecule has 0 fully saturated rings. The first-order chi connectivity index (χ1) is 7.63. The first-order valence-corrected chi connectivity index (χ1v) is 6.09. The molecule has 6 heteroatoms. The molecule has 2 rings (SSSR count). The van der Waals surface area contributed by atoms with E-state index in [0.717, 1.165) is 3.57 Å². The molecule has 0 aliphatic carbocycles. The highest BCUT2D eigenvalue weighted by molar-refractivity contribution is 14.1. The minimum atomic E-state index is -0.433. The van der Waals surface area contributed by atoms with Gasteiger partial charge in [0.05, 0.1) is 11.6 Å². The van der Waals surface area contributed by atoms with Crippen LogP contribution < -0.4 is 0 Å². The van der Waals surface area contributed by atoms with Gasteiger partial charge in [-0.25, -0.2) is 9.78 Å². The molecule has 2 aromatic heterocycles. The van der Waals surface area contributed by atoms with Gasteiger partial charge in [0.15, 0.2) is 11.3 Å². The molecule has 2 aromatic rings. The highest BCUT2D eigenvalue weighted by Gasteiger charge is 2.14. The molecule has 0 saturated carbocycles. The number of ether oxygens (including phenoxy) is 1. The molecule has 0 atom stereocenters. The molecule has 0 saturated heterocycles. The van der Waals surface area contributed by atoms with Gasteiger partial charge in [0, 0.05) is 16.0 Å². The number of halogens is 2. The summed E-state index contributed by atoms with van der Waals surface area (Å²) >= 11 is 8.19. The Morgan fingerprint density at radius 2 is 2.44 bits per heavy atom. The maximum atomic E-state index is 11.5. The van der Waals surface area contributed by atoms with Crippen molar-refractivity contribution in [1.29, 1.82) is 0 Å². The summed E-state index contributed by atoms with van der Waals surface area (Å²) in [7, 11) is 0. The first-order valence-electron chi connectivity index (χ1n) is 4.63. The van der Waals surface area contributed by atoms with Crippen molar-refractivity contribution in [2.45, 2.75) is 6.92 Å². The average molecular weight is 351 g/mol. The zero-order valence-corrected chi connectivity index (χ0v) is 11.3. The van der Waals surface area contributed by atoms with E-state index in [1.165, 1.54) is 0 Å². The number of hydrogen-bond donors (Lipinski definition) is 0. The van der Waals surface area contributed by atoms with Crippen LogP contribution in [0.2, 0.25) is 5.02 Å². The molecule has 0 aliphatic rings. The van der Waals surface area contributed by atoms with Crippen molar-refractivity contribution in [3.63, 3.8) is 0 Å². The number of carbonyl (C=O) groups excluding carboxylic acids is 1. The van der Waals surface area contributed by atoms with Gasteiger partial charge in [-0.15, -0.1) is 0 Å². The molecule has 84 valence electrons. The van der Waals surface area contributed by atoms with Gasteiger partial charge in [-0.1, -0.05) is 11.6 Å². The van der Waals surface area contributed by atoms with E-state index in [0.29, 0.717) is 17.3 Å². The number of rotatable bonds is 2. The second-order valence-electron chi connectivity index (χ2n) is 3.06. The van der Waals surface area contributed by atoms with E-state index in [2.05, 4.69) is 27.6 Å². The number of imidazole rings is 1. The minimum absolute atomic E-state index is 0.269. The van der Waals surface area contributed by atoms with Crippen molar-refractivity contribution >= 4 is 45.8 Å². The SMILES string of the molecule is CCOC(=O)c1cn2ccc(I)c(Cl)c2n1. The van der Waals surface area contributed by atoms with Crippen LogP contribution in [0.5, 0.6) is 0 Å². The molecule has 0 amide bonds. The zero-order chi connectivity index (χ0) is 11.7. The molecular weight excluding hydrogens is 342 g/mol. The lowest BCUT2D eigenvalue weighted by molar-refractivity contribution is 0.0520. The van der Waals surface area contributed by atoms with Crippen LogP contribution in [0.1, 0.15) is 17.4 Å². The van der Waals surface area contributed by atoms with Crippen LogP contribution in [0.4, 0.5) is 0 Å². The van der Waals surface area contributed by atoms with E-state index < -0.39 is 5.97 Å². The van der Waals surface area contributed by atoms with Crippen LogP contribution in [0.15, 0.2) is 18.5 Å². The Morgan fingerprint density at radius 3 is 3.12 bits per heavy atom. The monoisotopic (exact) mass is 350 g/mol. The molecule has 0 unspecified atom stereocenters. The van der Waals surface area contributed by atoms with Crippen LogP contribution in [0, 0.1) is 3.57 Å². The molecule has 0 bridgehead atoms. The Labute approximate surface area is 111 Å². The third kappa shape index (κ3) is 2.01. The Hall–Kier alpha value is -0.820. The smallest absolute Gasteiger partial charge is 0.358 e. The van der Waals surface area contributed by atoms with Crippen LogP contribution in [0.3, 0.4) is 0 Å². The highest BCUT2D eigenvalue weighted by atomic mass is 127. The Balaban J connectivity index is 2.52. The fourth-order valence-corrected chi connectivity index (χ4v) is 1.90. The fraction of sp³-hybridized carbons (Fsp3) is 0.200. The van der Waals surface area contributed by atoms with Gasteiger partial charge >= 0.3 is 5.97 Å². The molecule has 4 nitrogen and oxygen atoms in total. The van der Waals surface area contributed by atoms with Crippen LogP contribution >= 0.6 is 34.2 Å². The molecule has 0 spiro atoms. The summed E-state index contributed by atoms with van der Waals surface area (Å²) < 4.78 is 7.47. The van der Waals surface area contributed by atoms with Crippen LogP contribution in [0.25, 0.3) is 5.65 Å². The lowest BCUT2D eigenvalue weighted by atomic mass is 10.5. The summed E-state index contributed by atoms with van der Waals surface area (Å²) in [5.41, 5.74) is 0.836. The Kier molecular flexibility index (Phi) is 3.34. The van der Waals surface area contributed by atoms with Gasteiger partial charge < -0.3 is 9.14 Å². The van der Waals surface area contributed by atoms with Crippen molar-refractivity contribution in [1.82, 2.24) is 9.38 Å². The third-order valence-corrected chi connectivity index (χ3v) is 3.59. The van der Waals surface area contributed by atoms with E-state index in [-0.39, 0.29) is 5.69 Å². The van der Waals surface area contributed by atoms with Crippen molar-refractivity contribution in [2.75, 3.05) is 6.61 Å². The normalized spacial score (nSPS) is 10.7. The standard InChI is InChI=1S/C10H8ClIN2O2/c1-2-16-10(15)7-5-14-4-3-6(12)8(11)9(14)13-7/h3-5H,2H2,1H3. The van der Waals surface area contributed by atoms with Gasteiger partial charge in [0.1, 0.15) is 0 Å². The number of carbonyl (C=O) groups is 1. The molecule has 0 aromatic carbocycles. The van der Waals surface area contributed by atoms with E-state index in [1.54, 1.807) is 23.7 Å². The van der Waals surface area contributed by atoms with Gasteiger partial charge in [-0.05, 0) is 35.6 Å². The van der Waals surface area contributed by atoms with E-state index in [9.17, 15) is 4.79 Å². The molecule has 0 aliphatic heterocycles. The molecule has 0 N–H and O–H groups in total. The van der Waals surface area contributed by atoms with E-state index in [4.69, 9.17) is 16.3 Å². The van der Waals surface area contributed by atoms with E-state index in [1.807, 2.05) is 6.07 Å². The predicted molar refractivity (Wildman–Crippen MR) is 68.9 cm³/mol. The lowest BCUT2D eigenvalue weighted by Gasteiger charge is -1.96. The number of nitrogens with zero attached hydrogens (tertiary/aromatic N) is 2.